The van der Waals surface area contributed by atoms with E-state index in [1.165, 1.54) is 37.3 Å². The van der Waals surface area contributed by atoms with Crippen LogP contribution in [0.25, 0.3) is 0 Å². The molecule has 1 aromatic rings. The van der Waals surface area contributed by atoms with Gasteiger partial charge in [-0.3, -0.25) is 4.79 Å². The van der Waals surface area contributed by atoms with E-state index in [9.17, 15) is 4.79 Å². The zero-order valence-corrected chi connectivity index (χ0v) is 11.3. The van der Waals surface area contributed by atoms with Crippen molar-refractivity contribution < 1.29 is 4.79 Å². The zero-order valence-electron chi connectivity index (χ0n) is 10.5. The Bertz CT molecular complexity index is 387. The lowest BCUT2D eigenvalue weighted by molar-refractivity contribution is -0.120. The Morgan fingerprint density at radius 2 is 2.28 bits per heavy atom. The molecule has 2 rings (SSSR count). The highest BCUT2D eigenvalue weighted by Crippen LogP contribution is 2.11. The first-order valence-electron chi connectivity index (χ1n) is 6.43. The fourth-order valence-corrected chi connectivity index (χ4v) is 2.73. The summed E-state index contributed by atoms with van der Waals surface area (Å²) in [5.74, 6) is 0.0294. The highest BCUT2D eigenvalue weighted by Gasteiger charge is 2.11. The van der Waals surface area contributed by atoms with Gasteiger partial charge in [-0.1, -0.05) is 0 Å². The molecule has 1 saturated heterocycles. The number of rotatable bonds is 6. The predicted molar refractivity (Wildman–Crippen MR) is 73.5 cm³/mol. The summed E-state index contributed by atoms with van der Waals surface area (Å²) in [6.45, 7) is 4.26. The van der Waals surface area contributed by atoms with Crippen LogP contribution >= 0.6 is 11.3 Å². The van der Waals surface area contributed by atoms with Gasteiger partial charge in [0, 0.05) is 11.9 Å². The van der Waals surface area contributed by atoms with Gasteiger partial charge in [-0.25, -0.2) is 4.98 Å². The van der Waals surface area contributed by atoms with Crippen LogP contribution in [0.3, 0.4) is 0 Å². The monoisotopic (exact) mass is 268 g/mol. The van der Waals surface area contributed by atoms with E-state index in [2.05, 4.69) is 15.2 Å². The number of anilines is 1. The van der Waals surface area contributed by atoms with Crippen LogP contribution in [0.15, 0.2) is 5.38 Å². The molecule has 0 unspecified atom stereocenters. The number of nitrogen functional groups attached to an aromatic ring is 1. The van der Waals surface area contributed by atoms with Crippen LogP contribution < -0.4 is 11.1 Å². The molecular weight excluding hydrogens is 248 g/mol. The molecule has 0 aromatic carbocycles. The van der Waals surface area contributed by atoms with Crippen molar-refractivity contribution in [3.63, 3.8) is 0 Å². The van der Waals surface area contributed by atoms with Gasteiger partial charge in [0.15, 0.2) is 5.13 Å². The number of thiazole rings is 1. The fourth-order valence-electron chi connectivity index (χ4n) is 2.17. The molecule has 2 heterocycles. The number of nitrogens with two attached hydrogens (primary N) is 1. The molecule has 0 bridgehead atoms. The molecular formula is C12H20N4OS. The first-order chi connectivity index (χ1) is 8.74. The molecule has 1 aliphatic heterocycles. The summed E-state index contributed by atoms with van der Waals surface area (Å²) in [5, 5.41) is 5.28. The molecule has 0 radical (unpaired) electrons. The summed E-state index contributed by atoms with van der Waals surface area (Å²) in [4.78, 5) is 18.1. The topological polar surface area (TPSA) is 71.2 Å². The van der Waals surface area contributed by atoms with Crippen LogP contribution in [0.5, 0.6) is 0 Å². The number of amides is 1. The lowest BCUT2D eigenvalue weighted by Crippen LogP contribution is -2.29. The highest BCUT2D eigenvalue weighted by atomic mass is 32.1. The maximum Gasteiger partial charge on any atom is 0.226 e. The van der Waals surface area contributed by atoms with Crippen molar-refractivity contribution in [2.75, 3.05) is 31.9 Å². The van der Waals surface area contributed by atoms with Crippen molar-refractivity contribution in [2.24, 2.45) is 0 Å². The maximum atomic E-state index is 11.6. The van der Waals surface area contributed by atoms with Gasteiger partial charge in [0.25, 0.3) is 0 Å². The second-order valence-corrected chi connectivity index (χ2v) is 5.50. The summed E-state index contributed by atoms with van der Waals surface area (Å²) < 4.78 is 0. The zero-order chi connectivity index (χ0) is 12.8. The average molecular weight is 268 g/mol. The SMILES string of the molecule is Nc1nc(CC(=O)NCCCN2CCCC2)cs1. The van der Waals surface area contributed by atoms with Crippen LogP contribution in [0, 0.1) is 0 Å². The van der Waals surface area contributed by atoms with E-state index in [0.717, 1.165) is 25.2 Å². The number of hydrogen-bond donors (Lipinski definition) is 2. The Hall–Kier alpha value is -1.14. The van der Waals surface area contributed by atoms with E-state index < -0.39 is 0 Å². The number of nitrogens with zero attached hydrogens (tertiary/aromatic N) is 2. The van der Waals surface area contributed by atoms with Gasteiger partial charge in [-0.2, -0.15) is 0 Å². The molecule has 3 N–H and O–H groups in total. The Morgan fingerprint density at radius 1 is 1.50 bits per heavy atom. The smallest absolute Gasteiger partial charge is 0.226 e. The quantitative estimate of drug-likeness (QED) is 0.751. The molecule has 1 fully saturated rings. The van der Waals surface area contributed by atoms with Crippen molar-refractivity contribution in [2.45, 2.75) is 25.7 Å². The van der Waals surface area contributed by atoms with Gasteiger partial charge >= 0.3 is 0 Å². The van der Waals surface area contributed by atoms with Gasteiger partial charge in [0.2, 0.25) is 5.91 Å². The minimum Gasteiger partial charge on any atom is -0.375 e. The van der Waals surface area contributed by atoms with Crippen molar-refractivity contribution in [3.8, 4) is 0 Å². The summed E-state index contributed by atoms with van der Waals surface area (Å²) in [7, 11) is 0. The minimum atomic E-state index is 0.0294. The summed E-state index contributed by atoms with van der Waals surface area (Å²) in [6.07, 6.45) is 3.98. The third-order valence-electron chi connectivity index (χ3n) is 3.08. The van der Waals surface area contributed by atoms with Crippen molar-refractivity contribution in [3.05, 3.63) is 11.1 Å². The largest absolute Gasteiger partial charge is 0.375 e. The van der Waals surface area contributed by atoms with Crippen molar-refractivity contribution in [1.29, 1.82) is 0 Å². The minimum absolute atomic E-state index is 0.0294. The number of carbonyl (C=O) groups is 1. The lowest BCUT2D eigenvalue weighted by Gasteiger charge is -2.14. The fraction of sp³-hybridized carbons (Fsp3) is 0.667. The molecule has 1 aromatic heterocycles. The first kappa shape index (κ1) is 13.3. The van der Waals surface area contributed by atoms with Crippen LogP contribution in [-0.2, 0) is 11.2 Å². The van der Waals surface area contributed by atoms with Gasteiger partial charge in [0.05, 0.1) is 12.1 Å². The molecule has 6 heteroatoms. The predicted octanol–water partition coefficient (Wildman–Crippen LogP) is 0.870. The van der Waals surface area contributed by atoms with Crippen molar-refractivity contribution >= 4 is 22.4 Å². The van der Waals surface area contributed by atoms with Gasteiger partial charge in [0.1, 0.15) is 0 Å². The molecule has 0 aliphatic carbocycles. The Morgan fingerprint density at radius 3 is 2.94 bits per heavy atom. The van der Waals surface area contributed by atoms with Crippen LogP contribution in [0.2, 0.25) is 0 Å². The van der Waals surface area contributed by atoms with Crippen LogP contribution in [0.1, 0.15) is 25.0 Å². The van der Waals surface area contributed by atoms with E-state index in [0.29, 0.717) is 11.6 Å². The number of hydrogen-bond acceptors (Lipinski definition) is 5. The lowest BCUT2D eigenvalue weighted by atomic mass is 10.3. The Kier molecular flexibility index (Phi) is 4.95. The second-order valence-electron chi connectivity index (χ2n) is 4.61. The van der Waals surface area contributed by atoms with Crippen LogP contribution in [0.4, 0.5) is 5.13 Å². The third-order valence-corrected chi connectivity index (χ3v) is 3.81. The van der Waals surface area contributed by atoms with E-state index >= 15 is 0 Å². The number of carbonyl (C=O) groups excluding carboxylic acids is 1. The van der Waals surface area contributed by atoms with E-state index in [-0.39, 0.29) is 5.91 Å². The highest BCUT2D eigenvalue weighted by molar-refractivity contribution is 7.13. The summed E-state index contributed by atoms with van der Waals surface area (Å²) in [6, 6.07) is 0. The maximum absolute atomic E-state index is 11.6. The van der Waals surface area contributed by atoms with E-state index in [4.69, 9.17) is 5.73 Å². The van der Waals surface area contributed by atoms with Gasteiger partial charge in [-0.15, -0.1) is 11.3 Å². The molecule has 1 aliphatic rings. The molecule has 18 heavy (non-hydrogen) atoms. The van der Waals surface area contributed by atoms with Crippen molar-refractivity contribution in [1.82, 2.24) is 15.2 Å². The third kappa shape index (κ3) is 4.27. The summed E-state index contributed by atoms with van der Waals surface area (Å²) in [5.41, 5.74) is 6.27. The van der Waals surface area contributed by atoms with Gasteiger partial charge in [-0.05, 0) is 38.9 Å². The van der Waals surface area contributed by atoms with E-state index in [1.54, 1.807) is 0 Å². The number of aromatic nitrogens is 1. The van der Waals surface area contributed by atoms with Gasteiger partial charge < -0.3 is 16.0 Å². The second kappa shape index (κ2) is 6.70. The normalized spacial score (nSPS) is 16.0. The molecule has 0 spiro atoms. The molecule has 5 nitrogen and oxygen atoms in total. The number of nitrogens with one attached hydrogen (secondary N) is 1. The number of likely N-dealkylation sites (tertiary alicyclic amines) is 1. The summed E-state index contributed by atoms with van der Waals surface area (Å²) >= 11 is 1.37. The molecule has 1 amide bonds. The van der Waals surface area contributed by atoms with E-state index in [1.807, 2.05) is 5.38 Å². The van der Waals surface area contributed by atoms with Crippen LogP contribution in [-0.4, -0.2) is 42.0 Å². The Labute approximate surface area is 111 Å². The average Bonchev–Trinajstić information content (AvgIpc) is 2.96. The molecule has 0 saturated carbocycles. The first-order valence-corrected chi connectivity index (χ1v) is 7.31. The molecule has 0 atom stereocenters. The standard InChI is InChI=1S/C12H20N4OS/c13-12-15-10(9-18-12)8-11(17)14-4-3-7-16-5-1-2-6-16/h9H,1-8H2,(H2,13,15)(H,14,17). The Balaban J connectivity index is 1.57. The molecule has 100 valence electrons.